The standard InChI is InChI=1S/C13H17N3O3/c1-13(2,3)16-12(18)19-10-7-9-8(15-11(10)17)5-4-6-14-9/h4-6,10H,7H2,1-3H3,(H,15,17)(H,16,18). The molecule has 0 saturated heterocycles. The second-order valence-electron chi connectivity index (χ2n) is 5.46. The van der Waals surface area contributed by atoms with Crippen molar-refractivity contribution in [2.45, 2.75) is 38.8 Å². The lowest BCUT2D eigenvalue weighted by atomic mass is 10.1. The van der Waals surface area contributed by atoms with E-state index in [1.165, 1.54) is 0 Å². The van der Waals surface area contributed by atoms with Crippen molar-refractivity contribution in [1.82, 2.24) is 10.3 Å². The van der Waals surface area contributed by atoms with Crippen LogP contribution in [0.25, 0.3) is 0 Å². The quantitative estimate of drug-likeness (QED) is 0.804. The first-order valence-electron chi connectivity index (χ1n) is 6.09. The zero-order chi connectivity index (χ0) is 14.0. The minimum absolute atomic E-state index is 0.291. The van der Waals surface area contributed by atoms with E-state index in [1.807, 2.05) is 20.8 Å². The number of amides is 2. The monoisotopic (exact) mass is 263 g/mol. The van der Waals surface area contributed by atoms with Gasteiger partial charge in [0, 0.05) is 18.2 Å². The minimum Gasteiger partial charge on any atom is -0.436 e. The number of pyridine rings is 1. The molecule has 2 amide bonds. The predicted octanol–water partition coefficient (Wildman–Crippen LogP) is 1.47. The van der Waals surface area contributed by atoms with E-state index in [2.05, 4.69) is 15.6 Å². The molecule has 0 bridgehead atoms. The van der Waals surface area contributed by atoms with Crippen molar-refractivity contribution < 1.29 is 14.3 Å². The molecule has 6 heteroatoms. The number of hydrogen-bond donors (Lipinski definition) is 2. The molecular formula is C13H17N3O3. The first kappa shape index (κ1) is 13.3. The number of nitrogens with one attached hydrogen (secondary N) is 2. The number of fused-ring (bicyclic) bond motifs is 1. The van der Waals surface area contributed by atoms with E-state index in [4.69, 9.17) is 4.74 Å². The summed E-state index contributed by atoms with van der Waals surface area (Å²) in [6, 6.07) is 3.51. The number of ether oxygens (including phenoxy) is 1. The van der Waals surface area contributed by atoms with Crippen molar-refractivity contribution in [3.8, 4) is 0 Å². The number of aromatic nitrogens is 1. The summed E-state index contributed by atoms with van der Waals surface area (Å²) in [4.78, 5) is 27.6. The maximum atomic E-state index is 11.8. The molecule has 102 valence electrons. The second kappa shape index (κ2) is 4.87. The van der Waals surface area contributed by atoms with Crippen LogP contribution in [0.4, 0.5) is 10.5 Å². The number of rotatable bonds is 1. The average Bonchev–Trinajstić information content (AvgIpc) is 2.27. The van der Waals surface area contributed by atoms with E-state index in [9.17, 15) is 9.59 Å². The molecule has 1 atom stereocenters. The van der Waals surface area contributed by atoms with Crippen LogP contribution < -0.4 is 10.6 Å². The van der Waals surface area contributed by atoms with Gasteiger partial charge in [-0.25, -0.2) is 4.79 Å². The minimum atomic E-state index is -0.843. The molecule has 19 heavy (non-hydrogen) atoms. The zero-order valence-electron chi connectivity index (χ0n) is 11.2. The highest BCUT2D eigenvalue weighted by Gasteiger charge is 2.30. The van der Waals surface area contributed by atoms with Crippen LogP contribution in [0.1, 0.15) is 26.5 Å². The first-order chi connectivity index (χ1) is 8.85. The van der Waals surface area contributed by atoms with Gasteiger partial charge in [0.25, 0.3) is 5.91 Å². The molecular weight excluding hydrogens is 246 g/mol. The van der Waals surface area contributed by atoms with Crippen LogP contribution in [0.3, 0.4) is 0 Å². The van der Waals surface area contributed by atoms with Crippen molar-refractivity contribution in [2.75, 3.05) is 5.32 Å². The van der Waals surface area contributed by atoms with Crippen LogP contribution in [-0.4, -0.2) is 28.6 Å². The SMILES string of the molecule is CC(C)(C)NC(=O)OC1Cc2ncccc2NC1=O. The molecule has 1 aromatic heterocycles. The normalized spacial score (nSPS) is 18.3. The Kier molecular flexibility index (Phi) is 3.42. The van der Waals surface area contributed by atoms with Crippen LogP contribution >= 0.6 is 0 Å². The lowest BCUT2D eigenvalue weighted by Gasteiger charge is -2.26. The third-order valence-corrected chi connectivity index (χ3v) is 2.55. The highest BCUT2D eigenvalue weighted by atomic mass is 16.6. The third-order valence-electron chi connectivity index (χ3n) is 2.55. The summed E-state index contributed by atoms with van der Waals surface area (Å²) in [6.45, 7) is 5.52. The number of anilines is 1. The summed E-state index contributed by atoms with van der Waals surface area (Å²) in [5.41, 5.74) is 0.984. The molecule has 0 spiro atoms. The van der Waals surface area contributed by atoms with Crippen molar-refractivity contribution in [3.05, 3.63) is 24.0 Å². The van der Waals surface area contributed by atoms with Crippen LogP contribution in [0, 0.1) is 0 Å². The highest BCUT2D eigenvalue weighted by molar-refractivity contribution is 5.97. The van der Waals surface area contributed by atoms with Crippen molar-refractivity contribution in [3.63, 3.8) is 0 Å². The van der Waals surface area contributed by atoms with Crippen LogP contribution in [0.15, 0.2) is 18.3 Å². The zero-order valence-corrected chi connectivity index (χ0v) is 11.2. The summed E-state index contributed by atoms with van der Waals surface area (Å²) in [7, 11) is 0. The summed E-state index contributed by atoms with van der Waals surface area (Å²) in [5.74, 6) is -0.329. The number of carbonyl (C=O) groups is 2. The van der Waals surface area contributed by atoms with E-state index in [0.29, 0.717) is 12.1 Å². The summed E-state index contributed by atoms with van der Waals surface area (Å²) < 4.78 is 5.13. The van der Waals surface area contributed by atoms with Gasteiger partial charge in [-0.15, -0.1) is 0 Å². The first-order valence-corrected chi connectivity index (χ1v) is 6.09. The third kappa shape index (κ3) is 3.43. The fourth-order valence-electron chi connectivity index (χ4n) is 1.76. The maximum Gasteiger partial charge on any atom is 0.408 e. The Morgan fingerprint density at radius 3 is 2.95 bits per heavy atom. The van der Waals surface area contributed by atoms with Crippen LogP contribution in [0.5, 0.6) is 0 Å². The molecule has 1 unspecified atom stereocenters. The Morgan fingerprint density at radius 1 is 1.53 bits per heavy atom. The van der Waals surface area contributed by atoms with E-state index < -0.39 is 17.7 Å². The predicted molar refractivity (Wildman–Crippen MR) is 69.7 cm³/mol. The second-order valence-corrected chi connectivity index (χ2v) is 5.46. The van der Waals surface area contributed by atoms with Gasteiger partial charge in [0.2, 0.25) is 0 Å². The van der Waals surface area contributed by atoms with E-state index in [0.717, 1.165) is 5.69 Å². The maximum absolute atomic E-state index is 11.8. The summed E-state index contributed by atoms with van der Waals surface area (Å²) in [5, 5.41) is 5.32. The Labute approximate surface area is 111 Å². The van der Waals surface area contributed by atoms with E-state index >= 15 is 0 Å². The molecule has 2 N–H and O–H groups in total. The van der Waals surface area contributed by atoms with E-state index in [1.54, 1.807) is 18.3 Å². The molecule has 0 saturated carbocycles. The number of carbonyl (C=O) groups excluding carboxylic acids is 2. The van der Waals surface area contributed by atoms with E-state index in [-0.39, 0.29) is 5.91 Å². The number of nitrogens with zero attached hydrogens (tertiary/aromatic N) is 1. The van der Waals surface area contributed by atoms with Gasteiger partial charge in [-0.05, 0) is 32.9 Å². The topological polar surface area (TPSA) is 80.3 Å². The van der Waals surface area contributed by atoms with Crippen molar-refractivity contribution in [2.24, 2.45) is 0 Å². The van der Waals surface area contributed by atoms with Gasteiger partial charge in [0.15, 0.2) is 6.10 Å². The van der Waals surface area contributed by atoms with Crippen LogP contribution in [-0.2, 0) is 16.0 Å². The van der Waals surface area contributed by atoms with Gasteiger partial charge in [-0.1, -0.05) is 0 Å². The Morgan fingerprint density at radius 2 is 2.26 bits per heavy atom. The lowest BCUT2D eigenvalue weighted by molar-refractivity contribution is -0.124. The van der Waals surface area contributed by atoms with Gasteiger partial charge < -0.3 is 15.4 Å². The van der Waals surface area contributed by atoms with Crippen molar-refractivity contribution >= 4 is 17.7 Å². The number of alkyl carbamates (subject to hydrolysis) is 1. The van der Waals surface area contributed by atoms with Gasteiger partial charge in [0.05, 0.1) is 11.4 Å². The molecule has 0 fully saturated rings. The molecule has 1 aromatic rings. The van der Waals surface area contributed by atoms with Crippen molar-refractivity contribution in [1.29, 1.82) is 0 Å². The molecule has 2 rings (SSSR count). The Bertz CT molecular complexity index is 508. The molecule has 2 heterocycles. The molecule has 0 radical (unpaired) electrons. The summed E-state index contributed by atoms with van der Waals surface area (Å²) >= 11 is 0. The highest BCUT2D eigenvalue weighted by Crippen LogP contribution is 2.21. The smallest absolute Gasteiger partial charge is 0.408 e. The largest absolute Gasteiger partial charge is 0.436 e. The van der Waals surface area contributed by atoms with Gasteiger partial charge in [0.1, 0.15) is 0 Å². The molecule has 0 aromatic carbocycles. The molecule has 1 aliphatic rings. The van der Waals surface area contributed by atoms with Gasteiger partial charge in [-0.2, -0.15) is 0 Å². The van der Waals surface area contributed by atoms with Gasteiger partial charge in [-0.3, -0.25) is 9.78 Å². The lowest BCUT2D eigenvalue weighted by Crippen LogP contribution is -2.46. The Balaban J connectivity index is 2.03. The average molecular weight is 263 g/mol. The molecule has 1 aliphatic heterocycles. The Hall–Kier alpha value is -2.11. The molecule has 0 aliphatic carbocycles. The molecule has 6 nitrogen and oxygen atoms in total. The fraction of sp³-hybridized carbons (Fsp3) is 0.462. The van der Waals surface area contributed by atoms with Gasteiger partial charge >= 0.3 is 6.09 Å². The number of hydrogen-bond acceptors (Lipinski definition) is 4. The van der Waals surface area contributed by atoms with Crippen LogP contribution in [0.2, 0.25) is 0 Å². The fourth-order valence-corrected chi connectivity index (χ4v) is 1.76. The summed E-state index contributed by atoms with van der Waals surface area (Å²) in [6.07, 6.45) is 0.485.